The second-order valence-corrected chi connectivity index (χ2v) is 8.71. The number of carbonyl (C=O) groups excluding carboxylic acids is 1. The van der Waals surface area contributed by atoms with Crippen molar-refractivity contribution < 1.29 is 4.79 Å². The number of aryl methyl sites for hydroxylation is 1. The van der Waals surface area contributed by atoms with Crippen molar-refractivity contribution in [2.75, 3.05) is 19.6 Å². The monoisotopic (exact) mass is 381 g/mol. The Morgan fingerprint density at radius 1 is 1.26 bits per heavy atom. The van der Waals surface area contributed by atoms with E-state index in [0.717, 1.165) is 45.5 Å². The van der Waals surface area contributed by atoms with Crippen molar-refractivity contribution in [3.63, 3.8) is 0 Å². The minimum Gasteiger partial charge on any atom is -0.351 e. The van der Waals surface area contributed by atoms with Crippen LogP contribution in [0.1, 0.15) is 47.8 Å². The van der Waals surface area contributed by atoms with Crippen molar-refractivity contribution in [1.82, 2.24) is 15.2 Å². The molecule has 1 amide bonds. The van der Waals surface area contributed by atoms with Crippen LogP contribution in [0.5, 0.6) is 0 Å². The molecule has 4 rings (SSSR count). The third-order valence-corrected chi connectivity index (χ3v) is 6.57. The van der Waals surface area contributed by atoms with E-state index in [9.17, 15) is 4.79 Å². The smallest absolute Gasteiger partial charge is 0.261 e. The van der Waals surface area contributed by atoms with Gasteiger partial charge in [0.05, 0.1) is 10.4 Å². The summed E-state index contributed by atoms with van der Waals surface area (Å²) in [6.07, 6.45) is 4.96. The van der Waals surface area contributed by atoms with Crippen LogP contribution in [0.25, 0.3) is 21.1 Å². The lowest BCUT2D eigenvalue weighted by atomic mass is 10.0. The molecule has 1 saturated heterocycles. The molecule has 1 N–H and O–H groups in total. The standard InChI is InChI=1S/C22H27N3OS/c1-15-7-8-19-17(12-15)13-18-14-20(27-22(18)24-19)21(26)23-9-5-11-25-10-4-3-6-16(25)2/h7-8,12-14,16H,3-6,9-11H2,1-2H3,(H,23,26)/t16-/m1/s1. The summed E-state index contributed by atoms with van der Waals surface area (Å²) in [5.41, 5.74) is 2.21. The van der Waals surface area contributed by atoms with E-state index >= 15 is 0 Å². The average molecular weight is 382 g/mol. The van der Waals surface area contributed by atoms with Gasteiger partial charge in [0.15, 0.2) is 0 Å². The Kier molecular flexibility index (Phi) is 5.41. The molecule has 1 atom stereocenters. The summed E-state index contributed by atoms with van der Waals surface area (Å²) < 4.78 is 0. The summed E-state index contributed by atoms with van der Waals surface area (Å²) in [6.45, 7) is 7.39. The number of nitrogens with zero attached hydrogens (tertiary/aromatic N) is 2. The van der Waals surface area contributed by atoms with Gasteiger partial charge in [0, 0.05) is 29.9 Å². The van der Waals surface area contributed by atoms with Crippen molar-refractivity contribution >= 4 is 38.4 Å². The molecule has 1 aliphatic rings. The molecule has 1 fully saturated rings. The normalized spacial score (nSPS) is 18.2. The summed E-state index contributed by atoms with van der Waals surface area (Å²) in [5, 5.41) is 5.26. The number of benzene rings is 1. The number of rotatable bonds is 5. The molecule has 2 aromatic heterocycles. The Bertz CT molecular complexity index is 965. The highest BCUT2D eigenvalue weighted by atomic mass is 32.1. The molecule has 4 nitrogen and oxygen atoms in total. The first-order valence-corrected chi connectivity index (χ1v) is 10.7. The lowest BCUT2D eigenvalue weighted by Crippen LogP contribution is -2.39. The van der Waals surface area contributed by atoms with Crippen molar-refractivity contribution in [3.05, 3.63) is 40.8 Å². The van der Waals surface area contributed by atoms with Gasteiger partial charge in [-0.25, -0.2) is 4.98 Å². The molecule has 0 spiro atoms. The number of piperidine rings is 1. The van der Waals surface area contributed by atoms with Gasteiger partial charge >= 0.3 is 0 Å². The summed E-state index contributed by atoms with van der Waals surface area (Å²) in [6, 6.07) is 11.0. The summed E-state index contributed by atoms with van der Waals surface area (Å²) >= 11 is 1.48. The van der Waals surface area contributed by atoms with E-state index in [0.29, 0.717) is 6.04 Å². The molecule has 0 radical (unpaired) electrons. The van der Waals surface area contributed by atoms with Crippen molar-refractivity contribution in [2.45, 2.75) is 45.6 Å². The third kappa shape index (κ3) is 4.14. The van der Waals surface area contributed by atoms with Crippen molar-refractivity contribution in [1.29, 1.82) is 0 Å². The van der Waals surface area contributed by atoms with Crippen LogP contribution in [0.4, 0.5) is 0 Å². The Balaban J connectivity index is 1.38. The number of nitrogens with one attached hydrogen (secondary N) is 1. The SMILES string of the molecule is Cc1ccc2nc3sc(C(=O)NCCCN4CCCC[C@H]4C)cc3cc2c1. The number of carbonyl (C=O) groups is 1. The Morgan fingerprint density at radius 2 is 2.15 bits per heavy atom. The Morgan fingerprint density at radius 3 is 3.00 bits per heavy atom. The maximum absolute atomic E-state index is 12.5. The molecule has 3 aromatic rings. The van der Waals surface area contributed by atoms with Crippen molar-refractivity contribution in [2.24, 2.45) is 0 Å². The fraction of sp³-hybridized carbons (Fsp3) is 0.455. The maximum atomic E-state index is 12.5. The maximum Gasteiger partial charge on any atom is 0.261 e. The highest BCUT2D eigenvalue weighted by Gasteiger charge is 2.17. The van der Waals surface area contributed by atoms with Crippen LogP contribution in [0.15, 0.2) is 30.3 Å². The van der Waals surface area contributed by atoms with Crippen LogP contribution in [-0.4, -0.2) is 41.5 Å². The molecule has 0 unspecified atom stereocenters. The molecule has 1 aromatic carbocycles. The van der Waals surface area contributed by atoms with E-state index < -0.39 is 0 Å². The number of thiophene rings is 1. The summed E-state index contributed by atoms with van der Waals surface area (Å²) in [4.78, 5) is 21.5. The number of hydrogen-bond donors (Lipinski definition) is 1. The van der Waals surface area contributed by atoms with Gasteiger partial charge in [-0.3, -0.25) is 4.79 Å². The molecule has 142 valence electrons. The third-order valence-electron chi connectivity index (χ3n) is 5.53. The van der Waals surface area contributed by atoms with Crippen LogP contribution in [-0.2, 0) is 0 Å². The van der Waals surface area contributed by atoms with E-state index in [1.165, 1.54) is 42.7 Å². The largest absolute Gasteiger partial charge is 0.351 e. The summed E-state index contributed by atoms with van der Waals surface area (Å²) in [7, 11) is 0. The molecule has 1 aliphatic heterocycles. The van der Waals surface area contributed by atoms with E-state index in [2.05, 4.69) is 42.3 Å². The molecular formula is C22H27N3OS. The number of pyridine rings is 1. The van der Waals surface area contributed by atoms with Gasteiger partial charge in [-0.15, -0.1) is 11.3 Å². The van der Waals surface area contributed by atoms with Gasteiger partial charge < -0.3 is 10.2 Å². The first-order valence-electron chi connectivity index (χ1n) is 9.93. The zero-order valence-corrected chi connectivity index (χ0v) is 16.9. The Hall–Kier alpha value is -1.98. The quantitative estimate of drug-likeness (QED) is 0.649. The zero-order chi connectivity index (χ0) is 18.8. The number of hydrogen-bond acceptors (Lipinski definition) is 4. The van der Waals surface area contributed by atoms with Crippen LogP contribution in [0.3, 0.4) is 0 Å². The molecule has 5 heteroatoms. The lowest BCUT2D eigenvalue weighted by Gasteiger charge is -2.33. The van der Waals surface area contributed by atoms with E-state index in [-0.39, 0.29) is 5.91 Å². The Labute approximate surface area is 164 Å². The lowest BCUT2D eigenvalue weighted by molar-refractivity contribution is 0.0953. The average Bonchev–Trinajstić information content (AvgIpc) is 3.07. The second-order valence-electron chi connectivity index (χ2n) is 7.68. The number of aromatic nitrogens is 1. The minimum atomic E-state index is 0.0185. The van der Waals surface area contributed by atoms with Gasteiger partial charge in [0.25, 0.3) is 5.91 Å². The van der Waals surface area contributed by atoms with Gasteiger partial charge in [-0.05, 0) is 63.9 Å². The highest BCUT2D eigenvalue weighted by molar-refractivity contribution is 7.20. The van der Waals surface area contributed by atoms with Crippen LogP contribution in [0, 0.1) is 6.92 Å². The van der Waals surface area contributed by atoms with E-state index in [1.807, 2.05) is 12.1 Å². The predicted molar refractivity (Wildman–Crippen MR) is 114 cm³/mol. The minimum absolute atomic E-state index is 0.0185. The van der Waals surface area contributed by atoms with E-state index in [4.69, 9.17) is 4.98 Å². The summed E-state index contributed by atoms with van der Waals surface area (Å²) in [5.74, 6) is 0.0185. The van der Waals surface area contributed by atoms with Gasteiger partial charge in [-0.1, -0.05) is 18.1 Å². The molecule has 0 bridgehead atoms. The molecule has 27 heavy (non-hydrogen) atoms. The molecule has 0 aliphatic carbocycles. The second kappa shape index (κ2) is 7.95. The fourth-order valence-corrected chi connectivity index (χ4v) is 4.87. The van der Waals surface area contributed by atoms with Crippen LogP contribution < -0.4 is 5.32 Å². The first-order chi connectivity index (χ1) is 13.1. The van der Waals surface area contributed by atoms with E-state index in [1.54, 1.807) is 0 Å². The topological polar surface area (TPSA) is 45.2 Å². The van der Waals surface area contributed by atoms with Gasteiger partial charge in [0.2, 0.25) is 0 Å². The molecular weight excluding hydrogens is 354 g/mol. The number of amides is 1. The highest BCUT2D eigenvalue weighted by Crippen LogP contribution is 2.28. The van der Waals surface area contributed by atoms with Gasteiger partial charge in [0.1, 0.15) is 4.83 Å². The molecule has 3 heterocycles. The van der Waals surface area contributed by atoms with Gasteiger partial charge in [-0.2, -0.15) is 0 Å². The van der Waals surface area contributed by atoms with Crippen molar-refractivity contribution in [3.8, 4) is 0 Å². The predicted octanol–water partition coefficient (Wildman–Crippen LogP) is 4.75. The number of fused-ring (bicyclic) bond motifs is 2. The zero-order valence-electron chi connectivity index (χ0n) is 16.1. The van der Waals surface area contributed by atoms with Crippen LogP contribution in [0.2, 0.25) is 0 Å². The first kappa shape index (κ1) is 18.4. The van der Waals surface area contributed by atoms with Crippen LogP contribution >= 0.6 is 11.3 Å². The number of likely N-dealkylation sites (tertiary alicyclic amines) is 1. The fourth-order valence-electron chi connectivity index (χ4n) is 3.93. The molecule has 0 saturated carbocycles.